The van der Waals surface area contributed by atoms with E-state index >= 15 is 0 Å². The monoisotopic (exact) mass is 476 g/mol. The summed E-state index contributed by atoms with van der Waals surface area (Å²) in [5, 5.41) is 0. The summed E-state index contributed by atoms with van der Waals surface area (Å²) in [7, 11) is 0. The first-order chi connectivity index (χ1) is 17.7. The van der Waals surface area contributed by atoms with Crippen LogP contribution < -0.4 is 11.5 Å². The van der Waals surface area contributed by atoms with Crippen molar-refractivity contribution < 1.29 is 9.47 Å². The Morgan fingerprint density at radius 3 is 1.11 bits per heavy atom. The van der Waals surface area contributed by atoms with Crippen molar-refractivity contribution >= 4 is 12.0 Å². The molecule has 4 N–H and O–H groups in total. The number of amidine groups is 2. The Hall–Kier alpha value is -4.58. The molecule has 6 nitrogen and oxygen atoms in total. The van der Waals surface area contributed by atoms with Crippen LogP contribution >= 0.6 is 0 Å². The van der Waals surface area contributed by atoms with Gasteiger partial charge in [0.25, 0.3) is 12.0 Å². The molecule has 6 rings (SSSR count). The fraction of sp³-hybridized carbons (Fsp3) is 0.133. The van der Waals surface area contributed by atoms with Crippen LogP contribution in [0.5, 0.6) is 0 Å². The molecule has 0 spiro atoms. The van der Waals surface area contributed by atoms with Gasteiger partial charge in [-0.3, -0.25) is 0 Å². The summed E-state index contributed by atoms with van der Waals surface area (Å²) in [5.74, 6) is 0. The Morgan fingerprint density at radius 2 is 0.806 bits per heavy atom. The lowest BCUT2D eigenvalue weighted by Gasteiger charge is -2.07. The van der Waals surface area contributed by atoms with Gasteiger partial charge in [-0.05, 0) is 33.4 Å². The first-order valence-electron chi connectivity index (χ1n) is 11.9. The molecule has 2 atom stereocenters. The van der Waals surface area contributed by atoms with Gasteiger partial charge in [0.15, 0.2) is 0 Å². The second-order valence-electron chi connectivity index (χ2n) is 8.56. The Bertz CT molecular complexity index is 1230. The van der Waals surface area contributed by atoms with Crippen LogP contribution in [0.1, 0.15) is 23.2 Å². The van der Waals surface area contributed by atoms with Gasteiger partial charge in [-0.15, -0.1) is 0 Å². The fourth-order valence-electron chi connectivity index (χ4n) is 4.18. The van der Waals surface area contributed by atoms with Crippen LogP contribution in [0.2, 0.25) is 0 Å². The minimum Gasteiger partial charge on any atom is -0.463 e. The van der Waals surface area contributed by atoms with E-state index in [0.717, 1.165) is 11.1 Å². The van der Waals surface area contributed by atoms with Crippen LogP contribution in [0.25, 0.3) is 22.3 Å². The standard InChI is InChI=1S/2C15H14N2O/c2*16-15-17-14(10-18-15)13-8-6-12(7-9-13)11-4-2-1-3-5-11/h2*1-9,14H,10H2,(H2,16,17)/t14-;/m1./s1. The van der Waals surface area contributed by atoms with Gasteiger partial charge in [0.2, 0.25) is 0 Å². The number of hydrogen-bond acceptors (Lipinski definition) is 6. The summed E-state index contributed by atoms with van der Waals surface area (Å²) in [4.78, 5) is 8.47. The average molecular weight is 477 g/mol. The lowest BCUT2D eigenvalue weighted by atomic mass is 10.0. The van der Waals surface area contributed by atoms with Crippen LogP contribution in [0, 0.1) is 0 Å². The summed E-state index contributed by atoms with van der Waals surface area (Å²) >= 11 is 0. The van der Waals surface area contributed by atoms with E-state index in [9.17, 15) is 0 Å². The highest BCUT2D eigenvalue weighted by Gasteiger charge is 2.19. The zero-order chi connectivity index (χ0) is 24.7. The third-order valence-corrected chi connectivity index (χ3v) is 6.15. The molecule has 180 valence electrons. The van der Waals surface area contributed by atoms with E-state index in [-0.39, 0.29) is 24.1 Å². The molecule has 0 saturated heterocycles. The van der Waals surface area contributed by atoms with Gasteiger partial charge in [0.1, 0.15) is 25.3 Å². The first-order valence-corrected chi connectivity index (χ1v) is 11.9. The predicted molar refractivity (Wildman–Crippen MR) is 144 cm³/mol. The predicted octanol–water partition coefficient (Wildman–Crippen LogP) is 5.48. The van der Waals surface area contributed by atoms with Gasteiger partial charge in [0.05, 0.1) is 0 Å². The van der Waals surface area contributed by atoms with E-state index in [1.807, 2.05) is 36.4 Å². The molecular weight excluding hydrogens is 448 g/mol. The van der Waals surface area contributed by atoms with E-state index in [1.54, 1.807) is 0 Å². The number of hydrogen-bond donors (Lipinski definition) is 2. The van der Waals surface area contributed by atoms with Crippen molar-refractivity contribution in [2.45, 2.75) is 12.1 Å². The number of nitrogens with zero attached hydrogens (tertiary/aromatic N) is 2. The summed E-state index contributed by atoms with van der Waals surface area (Å²) in [6.45, 7) is 1.08. The van der Waals surface area contributed by atoms with Crippen molar-refractivity contribution in [3.63, 3.8) is 0 Å². The largest absolute Gasteiger partial charge is 0.463 e. The Labute approximate surface area is 210 Å². The molecule has 4 aromatic rings. The van der Waals surface area contributed by atoms with E-state index in [4.69, 9.17) is 20.9 Å². The van der Waals surface area contributed by atoms with Crippen LogP contribution in [0.4, 0.5) is 0 Å². The van der Waals surface area contributed by atoms with E-state index in [1.165, 1.54) is 22.3 Å². The molecule has 2 aliphatic heterocycles. The molecule has 0 fully saturated rings. The third kappa shape index (κ3) is 5.55. The maximum Gasteiger partial charge on any atom is 0.282 e. The average Bonchev–Trinajstić information content (AvgIpc) is 3.58. The summed E-state index contributed by atoms with van der Waals surface area (Å²) in [6, 6.07) is 38.0. The zero-order valence-corrected chi connectivity index (χ0v) is 19.8. The highest BCUT2D eigenvalue weighted by molar-refractivity contribution is 5.74. The molecule has 0 bridgehead atoms. The lowest BCUT2D eigenvalue weighted by Crippen LogP contribution is -2.10. The fourth-order valence-corrected chi connectivity index (χ4v) is 4.18. The zero-order valence-electron chi connectivity index (χ0n) is 19.8. The molecule has 4 aromatic carbocycles. The van der Waals surface area contributed by atoms with Crippen molar-refractivity contribution in [1.82, 2.24) is 0 Å². The Kier molecular flexibility index (Phi) is 6.94. The minimum atomic E-state index is 0.0369. The van der Waals surface area contributed by atoms with Crippen molar-refractivity contribution in [2.24, 2.45) is 21.5 Å². The molecular formula is C30H28N4O2. The number of nitrogens with two attached hydrogens (primary N) is 2. The van der Waals surface area contributed by atoms with E-state index < -0.39 is 0 Å². The molecule has 36 heavy (non-hydrogen) atoms. The van der Waals surface area contributed by atoms with Gasteiger partial charge >= 0.3 is 0 Å². The number of rotatable bonds is 4. The van der Waals surface area contributed by atoms with Crippen molar-refractivity contribution in [3.05, 3.63) is 120 Å². The van der Waals surface area contributed by atoms with Crippen molar-refractivity contribution in [3.8, 4) is 22.3 Å². The summed E-state index contributed by atoms with van der Waals surface area (Å²) < 4.78 is 10.3. The topological polar surface area (TPSA) is 95.2 Å². The number of benzene rings is 4. The van der Waals surface area contributed by atoms with E-state index in [0.29, 0.717) is 13.2 Å². The first kappa shape index (κ1) is 23.2. The highest BCUT2D eigenvalue weighted by Crippen LogP contribution is 2.27. The van der Waals surface area contributed by atoms with Crippen molar-refractivity contribution in [2.75, 3.05) is 13.2 Å². The second-order valence-corrected chi connectivity index (χ2v) is 8.56. The molecule has 2 aliphatic rings. The van der Waals surface area contributed by atoms with Crippen LogP contribution in [0.15, 0.2) is 119 Å². The summed E-state index contributed by atoms with van der Waals surface area (Å²) in [5.41, 5.74) is 18.1. The highest BCUT2D eigenvalue weighted by atomic mass is 16.5. The molecule has 0 aromatic heterocycles. The minimum absolute atomic E-state index is 0.0369. The molecule has 2 heterocycles. The van der Waals surface area contributed by atoms with Gasteiger partial charge in [-0.2, -0.15) is 0 Å². The van der Waals surface area contributed by atoms with Gasteiger partial charge in [0, 0.05) is 0 Å². The van der Waals surface area contributed by atoms with Gasteiger partial charge in [-0.1, -0.05) is 109 Å². The van der Waals surface area contributed by atoms with Gasteiger partial charge in [-0.25, -0.2) is 9.98 Å². The normalized spacial score (nSPS) is 18.2. The molecule has 0 radical (unpaired) electrons. The quantitative estimate of drug-likeness (QED) is 0.408. The third-order valence-electron chi connectivity index (χ3n) is 6.15. The number of ether oxygens (including phenoxy) is 2. The molecule has 1 unspecified atom stereocenters. The van der Waals surface area contributed by atoms with Crippen LogP contribution in [0.3, 0.4) is 0 Å². The Balaban J connectivity index is 0.000000148. The molecule has 0 aliphatic carbocycles. The summed E-state index contributed by atoms with van der Waals surface area (Å²) in [6.07, 6.45) is 0. The molecule has 0 amide bonds. The maximum absolute atomic E-state index is 5.51. The van der Waals surface area contributed by atoms with Crippen LogP contribution in [-0.4, -0.2) is 25.3 Å². The van der Waals surface area contributed by atoms with Crippen LogP contribution in [-0.2, 0) is 9.47 Å². The van der Waals surface area contributed by atoms with Crippen molar-refractivity contribution in [1.29, 1.82) is 0 Å². The smallest absolute Gasteiger partial charge is 0.282 e. The maximum atomic E-state index is 5.51. The van der Waals surface area contributed by atoms with E-state index in [2.05, 4.69) is 82.8 Å². The number of aliphatic imine (C=N–C) groups is 2. The Morgan fingerprint density at radius 1 is 0.472 bits per heavy atom. The molecule has 0 saturated carbocycles. The second kappa shape index (κ2) is 10.8. The SMILES string of the molecule is NC1=NC(c2ccc(-c3ccccc3)cc2)CO1.NC1=N[C@@H](c2ccc(-c3ccccc3)cc2)CO1. The lowest BCUT2D eigenvalue weighted by molar-refractivity contribution is 0.315. The molecule has 6 heteroatoms. The van der Waals surface area contributed by atoms with Gasteiger partial charge < -0.3 is 20.9 Å².